The van der Waals surface area contributed by atoms with E-state index in [0.29, 0.717) is 5.25 Å². The summed E-state index contributed by atoms with van der Waals surface area (Å²) in [4.78, 5) is 0. The van der Waals surface area contributed by atoms with Gasteiger partial charge in [0.1, 0.15) is 0 Å². The lowest BCUT2D eigenvalue weighted by Gasteiger charge is -2.25. The molecule has 1 saturated heterocycles. The Hall–Kier alpha value is 0.310. The van der Waals surface area contributed by atoms with Crippen LogP contribution < -0.4 is 0 Å². The molecule has 2 fully saturated rings. The van der Waals surface area contributed by atoms with Gasteiger partial charge in [-0.2, -0.15) is 11.8 Å². The van der Waals surface area contributed by atoms with E-state index in [1.54, 1.807) is 0 Å². The Labute approximate surface area is 85.3 Å². The highest BCUT2D eigenvalue weighted by Crippen LogP contribution is 2.41. The second kappa shape index (κ2) is 3.82. The minimum atomic E-state index is -0.306. The zero-order valence-corrected chi connectivity index (χ0v) is 9.28. The van der Waals surface area contributed by atoms with Crippen LogP contribution in [0, 0.1) is 5.92 Å². The maximum atomic E-state index is 10.3. The third-order valence-corrected chi connectivity index (χ3v) is 4.89. The normalized spacial score (nSPS) is 41.5. The van der Waals surface area contributed by atoms with Gasteiger partial charge in [0.05, 0.1) is 5.60 Å². The highest BCUT2D eigenvalue weighted by Gasteiger charge is 2.38. The van der Waals surface area contributed by atoms with Crippen molar-refractivity contribution in [2.45, 2.75) is 56.3 Å². The first-order valence-corrected chi connectivity index (χ1v) is 6.57. The first-order valence-electron chi connectivity index (χ1n) is 5.52. The van der Waals surface area contributed by atoms with Crippen LogP contribution in [0.4, 0.5) is 0 Å². The zero-order valence-electron chi connectivity index (χ0n) is 8.46. The highest BCUT2D eigenvalue weighted by atomic mass is 32.2. The van der Waals surface area contributed by atoms with Crippen molar-refractivity contribution in [2.75, 3.05) is 5.75 Å². The fourth-order valence-electron chi connectivity index (χ4n) is 2.84. The average molecular weight is 200 g/mol. The van der Waals surface area contributed by atoms with Crippen molar-refractivity contribution < 1.29 is 5.11 Å². The largest absolute Gasteiger partial charge is 0.389 e. The van der Waals surface area contributed by atoms with Crippen molar-refractivity contribution in [1.29, 1.82) is 0 Å². The van der Waals surface area contributed by atoms with Crippen molar-refractivity contribution in [3.05, 3.63) is 0 Å². The summed E-state index contributed by atoms with van der Waals surface area (Å²) in [5.74, 6) is 1.81. The van der Waals surface area contributed by atoms with E-state index in [-0.39, 0.29) is 5.60 Å². The van der Waals surface area contributed by atoms with Gasteiger partial charge in [0.2, 0.25) is 0 Å². The Morgan fingerprint density at radius 3 is 2.62 bits per heavy atom. The molecule has 1 saturated carbocycles. The third-order valence-electron chi connectivity index (χ3n) is 3.45. The number of hydrogen-bond acceptors (Lipinski definition) is 2. The molecule has 0 aromatic heterocycles. The van der Waals surface area contributed by atoms with Gasteiger partial charge in [-0.25, -0.2) is 0 Å². The summed E-state index contributed by atoms with van der Waals surface area (Å²) in [5.41, 5.74) is -0.306. The van der Waals surface area contributed by atoms with E-state index >= 15 is 0 Å². The van der Waals surface area contributed by atoms with Gasteiger partial charge in [-0.3, -0.25) is 0 Å². The first-order chi connectivity index (χ1) is 6.18. The summed E-state index contributed by atoms with van der Waals surface area (Å²) in [5, 5.41) is 11.0. The van der Waals surface area contributed by atoms with Gasteiger partial charge in [-0.05, 0) is 18.8 Å². The molecular formula is C11H20OS. The van der Waals surface area contributed by atoms with E-state index < -0.39 is 0 Å². The van der Waals surface area contributed by atoms with Gasteiger partial charge < -0.3 is 5.11 Å². The van der Waals surface area contributed by atoms with Crippen molar-refractivity contribution in [3.63, 3.8) is 0 Å². The van der Waals surface area contributed by atoms with Gasteiger partial charge in [-0.1, -0.05) is 32.6 Å². The molecule has 0 bridgehead atoms. The van der Waals surface area contributed by atoms with Gasteiger partial charge in [0.15, 0.2) is 0 Å². The van der Waals surface area contributed by atoms with Crippen LogP contribution >= 0.6 is 11.8 Å². The van der Waals surface area contributed by atoms with E-state index in [4.69, 9.17) is 0 Å². The Balaban J connectivity index is 1.85. The smallest absolute Gasteiger partial charge is 0.0750 e. The predicted octanol–water partition coefficient (Wildman–Crippen LogP) is 2.82. The van der Waals surface area contributed by atoms with Crippen molar-refractivity contribution in [3.8, 4) is 0 Å². The maximum absolute atomic E-state index is 10.3. The van der Waals surface area contributed by atoms with Crippen LogP contribution in [0.15, 0.2) is 0 Å². The molecule has 2 aliphatic rings. The molecule has 1 aliphatic carbocycles. The third kappa shape index (κ3) is 2.41. The van der Waals surface area contributed by atoms with Gasteiger partial charge in [0.25, 0.3) is 0 Å². The fourth-order valence-corrected chi connectivity index (χ4v) is 4.10. The van der Waals surface area contributed by atoms with Gasteiger partial charge >= 0.3 is 0 Å². The minimum Gasteiger partial charge on any atom is -0.389 e. The summed E-state index contributed by atoms with van der Waals surface area (Å²) in [6.07, 6.45) is 7.61. The second-order valence-corrected chi connectivity index (χ2v) is 6.33. The first kappa shape index (κ1) is 9.85. The number of aliphatic hydroxyl groups is 1. The molecule has 76 valence electrons. The number of rotatable bonds is 2. The number of hydrogen-bond donors (Lipinski definition) is 1. The zero-order chi connectivity index (χ0) is 9.31. The number of thioether (sulfide) groups is 1. The summed E-state index contributed by atoms with van der Waals surface area (Å²) in [7, 11) is 0. The predicted molar refractivity (Wildman–Crippen MR) is 58.1 cm³/mol. The molecule has 13 heavy (non-hydrogen) atoms. The lowest BCUT2D eigenvalue weighted by atomic mass is 9.88. The molecule has 0 radical (unpaired) electrons. The molecule has 0 spiro atoms. The van der Waals surface area contributed by atoms with Gasteiger partial charge in [0, 0.05) is 11.0 Å². The van der Waals surface area contributed by atoms with Crippen LogP contribution in [0.25, 0.3) is 0 Å². The molecular weight excluding hydrogens is 180 g/mol. The lowest BCUT2D eigenvalue weighted by Crippen LogP contribution is -2.31. The van der Waals surface area contributed by atoms with Gasteiger partial charge in [-0.15, -0.1) is 0 Å². The van der Waals surface area contributed by atoms with E-state index in [2.05, 4.69) is 6.92 Å². The maximum Gasteiger partial charge on any atom is 0.0750 e. The molecule has 1 aliphatic heterocycles. The molecule has 1 heterocycles. The Morgan fingerprint density at radius 1 is 1.38 bits per heavy atom. The molecule has 0 amide bonds. The average Bonchev–Trinajstić information content (AvgIpc) is 2.62. The summed E-state index contributed by atoms with van der Waals surface area (Å²) < 4.78 is 0. The van der Waals surface area contributed by atoms with Crippen LogP contribution in [0.3, 0.4) is 0 Å². The molecule has 2 unspecified atom stereocenters. The lowest BCUT2D eigenvalue weighted by molar-refractivity contribution is 0.0382. The van der Waals surface area contributed by atoms with E-state index in [0.717, 1.165) is 24.5 Å². The SMILES string of the molecule is CC1CC(O)(CC2CCCC2)CS1. The van der Waals surface area contributed by atoms with E-state index in [1.807, 2.05) is 11.8 Å². The molecule has 1 N–H and O–H groups in total. The topological polar surface area (TPSA) is 20.2 Å². The molecule has 1 nitrogen and oxygen atoms in total. The summed E-state index contributed by atoms with van der Waals surface area (Å²) >= 11 is 1.94. The molecule has 2 rings (SSSR count). The van der Waals surface area contributed by atoms with E-state index in [1.165, 1.54) is 25.7 Å². The van der Waals surface area contributed by atoms with Crippen LogP contribution in [0.5, 0.6) is 0 Å². The van der Waals surface area contributed by atoms with Crippen molar-refractivity contribution >= 4 is 11.8 Å². The quantitative estimate of drug-likeness (QED) is 0.739. The monoisotopic (exact) mass is 200 g/mol. The molecule has 0 aromatic carbocycles. The summed E-state index contributed by atoms with van der Waals surface area (Å²) in [6.45, 7) is 2.23. The highest BCUT2D eigenvalue weighted by molar-refractivity contribution is 8.00. The van der Waals surface area contributed by atoms with Crippen LogP contribution in [0.2, 0.25) is 0 Å². The van der Waals surface area contributed by atoms with Crippen molar-refractivity contribution in [2.24, 2.45) is 5.92 Å². The Kier molecular flexibility index (Phi) is 2.89. The molecule has 2 heteroatoms. The van der Waals surface area contributed by atoms with Crippen molar-refractivity contribution in [1.82, 2.24) is 0 Å². The minimum absolute atomic E-state index is 0.306. The molecule has 0 aromatic rings. The molecule has 2 atom stereocenters. The second-order valence-electron chi connectivity index (χ2n) is 4.90. The Bertz CT molecular complexity index is 177. The fraction of sp³-hybridized carbons (Fsp3) is 1.00. The standard InChI is InChI=1S/C11H20OS/c1-9-6-11(12,8-13-9)7-10-4-2-3-5-10/h9-10,12H,2-8H2,1H3. The van der Waals surface area contributed by atoms with E-state index in [9.17, 15) is 5.11 Å². The van der Waals surface area contributed by atoms with Crippen LogP contribution in [0.1, 0.15) is 45.4 Å². The Morgan fingerprint density at radius 2 is 2.08 bits per heavy atom. The van der Waals surface area contributed by atoms with Crippen LogP contribution in [-0.4, -0.2) is 21.7 Å². The summed E-state index contributed by atoms with van der Waals surface area (Å²) in [6, 6.07) is 0. The van der Waals surface area contributed by atoms with Crippen LogP contribution in [-0.2, 0) is 0 Å².